The van der Waals surface area contributed by atoms with Gasteiger partial charge in [-0.1, -0.05) is 25.7 Å². The SMILES string of the molecule is C[NH+](C)C1CCCCC1.C[NH+](C)C1CCCCC1.C[NH+](C)C1CCCCC1.C[NH+](C)C1CCCCC1.O=P([O-])([O-])OP(=O)([O-])[O-]. The molecule has 4 saturated carbocycles. The van der Waals surface area contributed by atoms with E-state index in [-0.39, 0.29) is 0 Å². The van der Waals surface area contributed by atoms with Crippen molar-refractivity contribution >= 4 is 15.6 Å². The van der Waals surface area contributed by atoms with Crippen LogP contribution in [0.25, 0.3) is 0 Å². The standard InChI is InChI=1S/4C8H17N.H4O7P2/c4*1-9(2)8-6-4-3-5-7-8;1-8(2,3)7-9(4,5)6/h4*8H,3-7H2,1-2H3;(H2,1,2,3)(H2,4,5,6). The first-order chi connectivity index (χ1) is 20.9. The van der Waals surface area contributed by atoms with Gasteiger partial charge in [-0.3, -0.25) is 0 Å². The molecule has 0 aliphatic heterocycles. The summed E-state index contributed by atoms with van der Waals surface area (Å²) in [5.41, 5.74) is 0. The fourth-order valence-corrected chi connectivity index (χ4v) is 7.82. The van der Waals surface area contributed by atoms with Gasteiger partial charge in [-0.05, 0) is 103 Å². The summed E-state index contributed by atoms with van der Waals surface area (Å²) < 4.78 is 21.2. The van der Waals surface area contributed by atoms with Gasteiger partial charge in [0.15, 0.2) is 0 Å². The van der Waals surface area contributed by atoms with Gasteiger partial charge in [0, 0.05) is 0 Å². The highest BCUT2D eigenvalue weighted by atomic mass is 31.3. The number of hydrogen-bond donors (Lipinski definition) is 4. The molecule has 0 amide bonds. The van der Waals surface area contributed by atoms with Crippen molar-refractivity contribution in [2.75, 3.05) is 56.4 Å². The van der Waals surface area contributed by atoms with Gasteiger partial charge in [0.1, 0.15) is 0 Å². The van der Waals surface area contributed by atoms with Crippen LogP contribution in [-0.4, -0.2) is 80.5 Å². The fraction of sp³-hybridized carbons (Fsp3) is 1.00. The lowest BCUT2D eigenvalue weighted by atomic mass is 9.95. The van der Waals surface area contributed by atoms with Gasteiger partial charge in [-0.2, -0.15) is 0 Å². The van der Waals surface area contributed by atoms with Crippen LogP contribution < -0.4 is 39.2 Å². The van der Waals surface area contributed by atoms with Crippen LogP contribution >= 0.6 is 15.6 Å². The van der Waals surface area contributed by atoms with E-state index in [1.54, 1.807) is 19.6 Å². The lowest BCUT2D eigenvalue weighted by Gasteiger charge is -2.39. The maximum atomic E-state index is 9.32. The molecule has 45 heavy (non-hydrogen) atoms. The number of nitrogens with one attached hydrogen (secondary N) is 4. The summed E-state index contributed by atoms with van der Waals surface area (Å²) in [6.45, 7) is 0. The van der Waals surface area contributed by atoms with Crippen molar-refractivity contribution < 1.29 is 52.6 Å². The molecule has 4 aliphatic carbocycles. The molecule has 11 nitrogen and oxygen atoms in total. The van der Waals surface area contributed by atoms with E-state index in [0.717, 1.165) is 24.2 Å². The third-order valence-corrected chi connectivity index (χ3v) is 11.5. The average Bonchev–Trinajstić information content (AvgIpc) is 2.98. The highest BCUT2D eigenvalue weighted by Gasteiger charge is 2.19. The first-order valence-corrected chi connectivity index (χ1v) is 20.8. The molecule has 0 aromatic carbocycles. The molecule has 0 aromatic rings. The van der Waals surface area contributed by atoms with Crippen molar-refractivity contribution in [3.05, 3.63) is 0 Å². The van der Waals surface area contributed by atoms with Crippen LogP contribution in [0.3, 0.4) is 0 Å². The Morgan fingerprint density at radius 3 is 0.600 bits per heavy atom. The van der Waals surface area contributed by atoms with E-state index in [1.165, 1.54) is 128 Å². The predicted molar refractivity (Wildman–Crippen MR) is 175 cm³/mol. The molecule has 0 heterocycles. The van der Waals surface area contributed by atoms with Crippen LogP contribution in [0, 0.1) is 0 Å². The normalized spacial score (nSPS) is 21.2. The number of rotatable bonds is 6. The van der Waals surface area contributed by atoms with E-state index in [0.29, 0.717) is 0 Å². The zero-order chi connectivity index (χ0) is 34.5. The quantitative estimate of drug-likeness (QED) is 0.249. The van der Waals surface area contributed by atoms with E-state index >= 15 is 0 Å². The topological polar surface area (TPSA) is 153 Å². The molecule has 4 rings (SSSR count). The monoisotopic (exact) mass is 686 g/mol. The van der Waals surface area contributed by atoms with E-state index < -0.39 is 15.6 Å². The zero-order valence-corrected chi connectivity index (χ0v) is 32.0. The second kappa shape index (κ2) is 25.1. The fourth-order valence-electron chi connectivity index (χ4n) is 6.84. The maximum Gasteiger partial charge on any atom is 0.0870 e. The minimum absolute atomic E-state index is 0.971. The van der Waals surface area contributed by atoms with Crippen LogP contribution in [0.2, 0.25) is 0 Å². The molecular weight excluding hydrogens is 614 g/mol. The van der Waals surface area contributed by atoms with Crippen molar-refractivity contribution in [1.29, 1.82) is 0 Å². The summed E-state index contributed by atoms with van der Waals surface area (Å²) in [4.78, 5) is 43.9. The van der Waals surface area contributed by atoms with Crippen LogP contribution in [0.1, 0.15) is 128 Å². The minimum Gasteiger partial charge on any atom is -0.790 e. The average molecular weight is 687 g/mol. The molecule has 0 saturated heterocycles. The van der Waals surface area contributed by atoms with Gasteiger partial charge < -0.3 is 52.6 Å². The smallest absolute Gasteiger partial charge is 0.0870 e. The van der Waals surface area contributed by atoms with Gasteiger partial charge in [-0.15, -0.1) is 0 Å². The van der Waals surface area contributed by atoms with Gasteiger partial charge >= 0.3 is 0 Å². The van der Waals surface area contributed by atoms with Crippen LogP contribution in [-0.2, 0) is 13.4 Å². The Bertz CT molecular complexity index is 676. The molecular formula is C32H72N4O7P2. The molecule has 0 atom stereocenters. The Balaban J connectivity index is 0.000000538. The van der Waals surface area contributed by atoms with Gasteiger partial charge in [0.2, 0.25) is 0 Å². The number of phosphoric acid groups is 2. The van der Waals surface area contributed by atoms with E-state index in [4.69, 9.17) is 0 Å². The summed E-state index contributed by atoms with van der Waals surface area (Å²) in [6.07, 6.45) is 29.3. The van der Waals surface area contributed by atoms with Crippen molar-refractivity contribution in [2.24, 2.45) is 0 Å². The second-order valence-electron chi connectivity index (χ2n) is 14.6. The lowest BCUT2D eigenvalue weighted by molar-refractivity contribution is -0.887. The molecule has 0 bridgehead atoms. The zero-order valence-electron chi connectivity index (χ0n) is 30.2. The highest BCUT2D eigenvalue weighted by Crippen LogP contribution is 2.42. The molecule has 13 heteroatoms. The van der Waals surface area contributed by atoms with Crippen LogP contribution in [0.4, 0.5) is 0 Å². The third-order valence-electron chi connectivity index (χ3n) is 9.89. The van der Waals surface area contributed by atoms with Gasteiger partial charge in [0.25, 0.3) is 0 Å². The van der Waals surface area contributed by atoms with E-state index in [9.17, 15) is 28.7 Å². The summed E-state index contributed by atoms with van der Waals surface area (Å²) in [5, 5.41) is 0. The van der Waals surface area contributed by atoms with Crippen molar-refractivity contribution in [3.8, 4) is 0 Å². The second-order valence-corrected chi connectivity index (χ2v) is 17.1. The minimum atomic E-state index is -5.68. The summed E-state index contributed by atoms with van der Waals surface area (Å²) >= 11 is 0. The predicted octanol–water partition coefficient (Wildman–Crippen LogP) is -1.49. The molecule has 0 spiro atoms. The summed E-state index contributed by atoms with van der Waals surface area (Å²) in [7, 11) is 6.84. The van der Waals surface area contributed by atoms with E-state index in [2.05, 4.69) is 60.7 Å². The first-order valence-electron chi connectivity index (χ1n) is 17.9. The molecule has 4 N–H and O–H groups in total. The Labute approximate surface area is 276 Å². The maximum absolute atomic E-state index is 9.32. The van der Waals surface area contributed by atoms with Gasteiger partial charge in [0.05, 0.1) is 96.2 Å². The first kappa shape index (κ1) is 45.1. The molecule has 0 radical (unpaired) electrons. The third kappa shape index (κ3) is 26.7. The van der Waals surface area contributed by atoms with Gasteiger partial charge in [-0.25, -0.2) is 0 Å². The molecule has 4 aliphatic rings. The van der Waals surface area contributed by atoms with Crippen molar-refractivity contribution in [2.45, 2.75) is 153 Å². The Kier molecular flexibility index (Phi) is 25.2. The summed E-state index contributed by atoms with van der Waals surface area (Å²) in [5.74, 6) is 0. The molecule has 0 unspecified atom stereocenters. The number of hydrogen-bond acceptors (Lipinski definition) is 7. The summed E-state index contributed by atoms with van der Waals surface area (Å²) in [6, 6.07) is 3.88. The molecule has 0 aromatic heterocycles. The Morgan fingerprint density at radius 1 is 0.378 bits per heavy atom. The van der Waals surface area contributed by atoms with Crippen LogP contribution in [0.5, 0.6) is 0 Å². The van der Waals surface area contributed by atoms with Crippen molar-refractivity contribution in [1.82, 2.24) is 0 Å². The number of quaternary nitrogens is 4. The van der Waals surface area contributed by atoms with E-state index in [1.807, 2.05) is 0 Å². The Hall–Kier alpha value is 0.100. The highest BCUT2D eigenvalue weighted by molar-refractivity contribution is 7.57. The van der Waals surface area contributed by atoms with Crippen LogP contribution in [0.15, 0.2) is 0 Å². The molecule has 4 fully saturated rings. The Morgan fingerprint density at radius 2 is 0.533 bits per heavy atom. The lowest BCUT2D eigenvalue weighted by Crippen LogP contribution is -3.10. The van der Waals surface area contributed by atoms with Crippen molar-refractivity contribution in [3.63, 3.8) is 0 Å². The largest absolute Gasteiger partial charge is 0.790 e. The molecule has 272 valence electrons.